The third kappa shape index (κ3) is 2.97. The van der Waals surface area contributed by atoms with E-state index in [1.54, 1.807) is 23.1 Å². The molecule has 2 rings (SSSR count). The van der Waals surface area contributed by atoms with Crippen LogP contribution in [0, 0.1) is 0 Å². The average molecular weight is 262 g/mol. The predicted octanol–water partition coefficient (Wildman–Crippen LogP) is 0.970. The molecule has 0 bridgehead atoms. The van der Waals surface area contributed by atoms with Crippen LogP contribution in [0.3, 0.4) is 0 Å². The third-order valence-corrected chi connectivity index (χ3v) is 2.35. The molecule has 0 radical (unpaired) electrons. The van der Waals surface area contributed by atoms with E-state index in [0.717, 1.165) is 13.0 Å². The molecule has 0 aliphatic heterocycles. The normalized spacial score (nSPS) is 11.5. The summed E-state index contributed by atoms with van der Waals surface area (Å²) in [4.78, 5) is 0. The van der Waals surface area contributed by atoms with E-state index in [1.165, 1.54) is 6.20 Å². The summed E-state index contributed by atoms with van der Waals surface area (Å²) >= 11 is 0. The van der Waals surface area contributed by atoms with Crippen molar-refractivity contribution in [2.75, 3.05) is 0 Å². The van der Waals surface area contributed by atoms with Gasteiger partial charge in [0.15, 0.2) is 11.6 Å². The van der Waals surface area contributed by atoms with Crippen molar-refractivity contribution < 1.29 is 9.94 Å². The lowest BCUT2D eigenvalue weighted by Gasteiger charge is -2.05. The smallest absolute Gasteiger partial charge is 0.250 e. The predicted molar refractivity (Wildman–Crippen MR) is 67.1 cm³/mol. The Morgan fingerprint density at radius 3 is 3.16 bits per heavy atom. The van der Waals surface area contributed by atoms with E-state index in [9.17, 15) is 0 Å². The van der Waals surface area contributed by atoms with Gasteiger partial charge in [-0.05, 0) is 12.5 Å². The van der Waals surface area contributed by atoms with E-state index in [2.05, 4.69) is 27.4 Å². The molecule has 8 nitrogen and oxygen atoms in total. The van der Waals surface area contributed by atoms with Crippen LogP contribution in [0.2, 0.25) is 0 Å². The molecular formula is C11H14N6O2. The first-order chi connectivity index (χ1) is 9.24. The minimum atomic E-state index is -0.0918. The largest absolute Gasteiger partial charge is 0.434 e. The minimum absolute atomic E-state index is 0.0918. The second kappa shape index (κ2) is 5.80. The van der Waals surface area contributed by atoms with Crippen LogP contribution in [0.25, 0.3) is 0 Å². The highest BCUT2D eigenvalue weighted by Gasteiger charge is 2.12. The molecule has 0 aromatic carbocycles. The Kier molecular flexibility index (Phi) is 3.91. The summed E-state index contributed by atoms with van der Waals surface area (Å²) in [7, 11) is 0. The van der Waals surface area contributed by atoms with Gasteiger partial charge in [-0.25, -0.2) is 0 Å². The van der Waals surface area contributed by atoms with Crippen LogP contribution in [0.15, 0.2) is 29.8 Å². The fraction of sp³-hybridized carbons (Fsp3) is 0.273. The Morgan fingerprint density at radius 1 is 1.58 bits per heavy atom. The second-order valence-corrected chi connectivity index (χ2v) is 3.78. The molecule has 0 aliphatic carbocycles. The van der Waals surface area contributed by atoms with Gasteiger partial charge in [0, 0.05) is 6.54 Å². The van der Waals surface area contributed by atoms with E-state index in [0.29, 0.717) is 11.3 Å². The fourth-order valence-corrected chi connectivity index (χ4v) is 1.50. The van der Waals surface area contributed by atoms with Gasteiger partial charge in [0.25, 0.3) is 0 Å². The summed E-state index contributed by atoms with van der Waals surface area (Å²) in [5.41, 5.74) is 5.89. The van der Waals surface area contributed by atoms with Crippen molar-refractivity contribution in [3.63, 3.8) is 0 Å². The number of nitrogens with two attached hydrogens (primary N) is 1. The lowest BCUT2D eigenvalue weighted by molar-refractivity contribution is 0.318. The maximum Gasteiger partial charge on any atom is 0.250 e. The van der Waals surface area contributed by atoms with Crippen LogP contribution in [-0.4, -0.2) is 31.0 Å². The number of nitrogens with zero attached hydrogens (tertiary/aromatic N) is 5. The number of amidine groups is 1. The van der Waals surface area contributed by atoms with E-state index < -0.39 is 0 Å². The summed E-state index contributed by atoms with van der Waals surface area (Å²) < 4.78 is 7.29. The first kappa shape index (κ1) is 12.8. The number of rotatable bonds is 5. The van der Waals surface area contributed by atoms with Crippen LogP contribution >= 0.6 is 0 Å². The Morgan fingerprint density at radius 2 is 2.42 bits per heavy atom. The Bertz CT molecular complexity index is 580. The quantitative estimate of drug-likeness (QED) is 0.359. The molecule has 8 heteroatoms. The van der Waals surface area contributed by atoms with Crippen molar-refractivity contribution >= 4 is 5.84 Å². The number of ether oxygens (including phenoxy) is 1. The molecular weight excluding hydrogens is 248 g/mol. The molecule has 2 aromatic heterocycles. The van der Waals surface area contributed by atoms with Gasteiger partial charge in [0.2, 0.25) is 5.88 Å². The van der Waals surface area contributed by atoms with Crippen molar-refractivity contribution in [1.82, 2.24) is 20.0 Å². The molecule has 2 aromatic rings. The molecule has 0 spiro atoms. The van der Waals surface area contributed by atoms with Gasteiger partial charge in [-0.3, -0.25) is 4.68 Å². The first-order valence-electron chi connectivity index (χ1n) is 5.74. The highest BCUT2D eigenvalue weighted by molar-refractivity contribution is 5.98. The number of hydrogen-bond donors (Lipinski definition) is 2. The molecule has 0 saturated carbocycles. The maximum atomic E-state index is 8.70. The average Bonchev–Trinajstić information content (AvgIpc) is 2.86. The van der Waals surface area contributed by atoms with Gasteiger partial charge in [-0.2, -0.15) is 10.2 Å². The molecule has 0 saturated heterocycles. The fourth-order valence-electron chi connectivity index (χ4n) is 1.50. The molecule has 0 amide bonds. The van der Waals surface area contributed by atoms with Crippen LogP contribution < -0.4 is 10.5 Å². The zero-order valence-corrected chi connectivity index (χ0v) is 10.4. The summed E-state index contributed by atoms with van der Waals surface area (Å²) in [6.45, 7) is 2.86. The molecule has 2 heterocycles. The molecule has 0 aliphatic rings. The molecule has 100 valence electrons. The number of oxime groups is 1. The van der Waals surface area contributed by atoms with Crippen molar-refractivity contribution in [1.29, 1.82) is 0 Å². The Hall–Kier alpha value is -2.64. The second-order valence-electron chi connectivity index (χ2n) is 3.78. The minimum Gasteiger partial charge on any atom is -0.434 e. The SMILES string of the molecule is CCCn1cc(Oc2nnccc2/C(N)=N/O)cn1. The van der Waals surface area contributed by atoms with Gasteiger partial charge >= 0.3 is 0 Å². The lowest BCUT2D eigenvalue weighted by Crippen LogP contribution is -2.15. The molecule has 0 atom stereocenters. The monoisotopic (exact) mass is 262 g/mol. The third-order valence-electron chi connectivity index (χ3n) is 2.35. The Labute approximate surface area is 109 Å². The topological polar surface area (TPSA) is 111 Å². The van der Waals surface area contributed by atoms with Crippen molar-refractivity contribution in [2.45, 2.75) is 19.9 Å². The van der Waals surface area contributed by atoms with Gasteiger partial charge in [0.05, 0.1) is 24.2 Å². The van der Waals surface area contributed by atoms with Crippen molar-refractivity contribution in [3.05, 3.63) is 30.2 Å². The standard InChI is InChI=1S/C11H14N6O2/c1-2-5-17-7-8(6-14-17)19-11-9(10(12)16-18)3-4-13-15-11/h3-4,6-7,18H,2,5H2,1H3,(H2,12,16). The highest BCUT2D eigenvalue weighted by atomic mass is 16.5. The lowest BCUT2D eigenvalue weighted by atomic mass is 10.3. The molecule has 3 N–H and O–H groups in total. The maximum absolute atomic E-state index is 8.70. The summed E-state index contributed by atoms with van der Waals surface area (Å²) in [6, 6.07) is 1.55. The zero-order valence-electron chi connectivity index (χ0n) is 10.4. The van der Waals surface area contributed by atoms with Gasteiger partial charge in [0.1, 0.15) is 0 Å². The van der Waals surface area contributed by atoms with Gasteiger partial charge < -0.3 is 15.7 Å². The van der Waals surface area contributed by atoms with Crippen LogP contribution in [-0.2, 0) is 6.54 Å². The van der Waals surface area contributed by atoms with Gasteiger partial charge in [-0.1, -0.05) is 12.1 Å². The summed E-state index contributed by atoms with van der Waals surface area (Å²) in [5, 5.41) is 23.3. The zero-order chi connectivity index (χ0) is 13.7. The van der Waals surface area contributed by atoms with E-state index in [-0.39, 0.29) is 11.7 Å². The molecule has 0 unspecified atom stereocenters. The van der Waals surface area contributed by atoms with E-state index >= 15 is 0 Å². The highest BCUT2D eigenvalue weighted by Crippen LogP contribution is 2.21. The van der Waals surface area contributed by atoms with Crippen LogP contribution in [0.4, 0.5) is 0 Å². The number of hydrogen-bond acceptors (Lipinski definition) is 6. The van der Waals surface area contributed by atoms with Crippen molar-refractivity contribution in [2.24, 2.45) is 10.9 Å². The first-order valence-corrected chi connectivity index (χ1v) is 5.74. The van der Waals surface area contributed by atoms with Crippen LogP contribution in [0.1, 0.15) is 18.9 Å². The number of aromatic nitrogens is 4. The Balaban J connectivity index is 2.22. The van der Waals surface area contributed by atoms with E-state index in [4.69, 9.17) is 15.7 Å². The number of aryl methyl sites for hydroxylation is 1. The molecule has 19 heavy (non-hydrogen) atoms. The summed E-state index contributed by atoms with van der Waals surface area (Å²) in [6.07, 6.45) is 5.72. The van der Waals surface area contributed by atoms with Gasteiger partial charge in [-0.15, -0.1) is 5.10 Å². The molecule has 0 fully saturated rings. The summed E-state index contributed by atoms with van der Waals surface area (Å²) in [5.74, 6) is 0.584. The van der Waals surface area contributed by atoms with Crippen molar-refractivity contribution in [3.8, 4) is 11.6 Å². The van der Waals surface area contributed by atoms with Crippen LogP contribution in [0.5, 0.6) is 11.6 Å². The van der Waals surface area contributed by atoms with E-state index in [1.807, 2.05) is 0 Å².